The van der Waals surface area contributed by atoms with Gasteiger partial charge in [-0.1, -0.05) is 23.8 Å². The Morgan fingerprint density at radius 2 is 0.603 bits per heavy atom. The summed E-state index contributed by atoms with van der Waals surface area (Å²) in [6.45, 7) is 7.63. The number of hydrogen-bond donors (Lipinski definition) is 0. The Labute approximate surface area is 660 Å². The first-order valence-electron chi connectivity index (χ1n) is 32.5. The molecule has 630 valence electrons. The Bertz CT molecular complexity index is 5310. The number of nitrogens with zero attached hydrogens (tertiary/aromatic N) is 5. The van der Waals surface area contributed by atoms with E-state index in [9.17, 15) is 139 Å². The van der Waals surface area contributed by atoms with Crippen molar-refractivity contribution >= 4 is 35.8 Å². The number of rotatable bonds is 12. The van der Waals surface area contributed by atoms with E-state index in [0.717, 1.165) is 79.5 Å². The number of aromatic nitrogens is 5. The van der Waals surface area contributed by atoms with E-state index in [1.54, 1.807) is 12.1 Å². The first-order chi connectivity index (χ1) is 56.8. The van der Waals surface area contributed by atoms with Crippen molar-refractivity contribution in [1.29, 1.82) is 0 Å². The van der Waals surface area contributed by atoms with Crippen LogP contribution < -0.4 is 28.4 Å². The van der Waals surface area contributed by atoms with Gasteiger partial charge in [-0.2, -0.15) is 35.1 Å². The minimum absolute atomic E-state index is 0.118. The summed E-state index contributed by atoms with van der Waals surface area (Å²) in [7, 11) is 0. The number of ether oxygens (including phenoxy) is 6. The monoisotopic (exact) mass is 1720 g/mol. The average Bonchev–Trinajstić information content (AvgIpc) is 0.768. The highest BCUT2D eigenvalue weighted by molar-refractivity contribution is 5.93. The largest absolute Gasteiger partial charge is 0.423 e. The number of benzene rings is 9. The Balaban J connectivity index is 0.000000200. The van der Waals surface area contributed by atoms with E-state index in [2.05, 4.69) is 48.8 Å². The van der Waals surface area contributed by atoms with Crippen LogP contribution in [0.3, 0.4) is 0 Å². The third kappa shape index (κ3) is 23.8. The molecule has 12 aromatic rings. The summed E-state index contributed by atoms with van der Waals surface area (Å²) < 4.78 is 357. The Kier molecular flexibility index (Phi) is 31.7. The van der Waals surface area contributed by atoms with E-state index in [-0.39, 0.29) is 38.9 Å². The summed E-state index contributed by atoms with van der Waals surface area (Å²) in [5, 5.41) is 6.08. The van der Waals surface area contributed by atoms with Crippen LogP contribution in [0.4, 0.5) is 110 Å². The molecule has 0 aliphatic heterocycles. The topological polar surface area (TPSA) is 222 Å². The normalized spacial score (nSPS) is 10.5. The maximum absolute atomic E-state index is 13.7. The molecule has 0 N–H and O–H groups in total. The molecule has 0 aliphatic carbocycles. The van der Waals surface area contributed by atoms with Crippen molar-refractivity contribution in [3.63, 3.8) is 0 Å². The van der Waals surface area contributed by atoms with E-state index in [4.69, 9.17) is 4.74 Å². The van der Waals surface area contributed by atoms with Crippen molar-refractivity contribution in [1.82, 2.24) is 25.1 Å². The van der Waals surface area contributed by atoms with Gasteiger partial charge in [-0.15, -0.1) is 10.2 Å². The van der Waals surface area contributed by atoms with Crippen molar-refractivity contribution in [2.24, 2.45) is 0 Å². The molecule has 0 fully saturated rings. The molecule has 0 aliphatic rings. The summed E-state index contributed by atoms with van der Waals surface area (Å²) in [5.74, 6) is -51.9. The Morgan fingerprint density at radius 3 is 0.975 bits per heavy atom. The Hall–Kier alpha value is -14.6. The lowest BCUT2D eigenvalue weighted by Crippen LogP contribution is -2.19. The second kappa shape index (κ2) is 41.0. The number of pyridine rings is 1. The summed E-state index contributed by atoms with van der Waals surface area (Å²) in [6, 6.07) is 23.2. The summed E-state index contributed by atoms with van der Waals surface area (Å²) in [4.78, 5) is 79.3. The van der Waals surface area contributed by atoms with Crippen LogP contribution in [0.25, 0.3) is 0 Å². The van der Waals surface area contributed by atoms with Gasteiger partial charge in [0.15, 0.2) is 92.8 Å². The smallest absolute Gasteiger partial charge is 0.364 e. The number of hydrogen-bond acceptors (Lipinski definition) is 17. The van der Waals surface area contributed by atoms with Gasteiger partial charge in [0.05, 0.1) is 29.1 Å². The maximum atomic E-state index is 13.7. The Morgan fingerprint density at radius 1 is 0.248 bits per heavy atom. The van der Waals surface area contributed by atoms with Crippen LogP contribution in [0.5, 0.6) is 34.5 Å². The molecule has 0 saturated heterocycles. The van der Waals surface area contributed by atoms with Crippen LogP contribution in [0, 0.1) is 187 Å². The zero-order valence-electron chi connectivity index (χ0n) is 60.9. The minimum Gasteiger partial charge on any atom is -0.423 e. The van der Waals surface area contributed by atoms with Crippen LogP contribution in [-0.2, 0) is 0 Å². The lowest BCUT2D eigenvalue weighted by atomic mass is 10.1. The van der Waals surface area contributed by atoms with Crippen molar-refractivity contribution in [3.05, 3.63) is 359 Å². The van der Waals surface area contributed by atoms with E-state index >= 15 is 0 Å². The maximum Gasteiger partial charge on any atom is 0.364 e. The summed E-state index contributed by atoms with van der Waals surface area (Å²) >= 11 is 0. The van der Waals surface area contributed by atoms with Crippen molar-refractivity contribution < 1.29 is 167 Å². The molecule has 0 atom stereocenters. The van der Waals surface area contributed by atoms with E-state index in [1.165, 1.54) is 45.9 Å². The van der Waals surface area contributed by atoms with E-state index in [1.807, 2.05) is 19.1 Å². The molecule has 0 spiro atoms. The molecule has 9 aromatic carbocycles. The lowest BCUT2D eigenvalue weighted by molar-refractivity contribution is 0.0696. The standard InChI is InChI=1S/C14H4F8O2.C14H8F4O2.C14H11FO2.C13H7F4NO2.2C12H6F4N2O2/c1-3-2-4(15)7(17)13(6(3)16)24-14(23)5-8(18)10(20)12(22)11(21)9(5)19;1-7-6-10(16)12(18)13(11(7)17)20-14(19)8-2-4-9(15)5-3-8;1-10-5-7-13(8-6-10)17-14(16)11-3-2-4-12(15)9-11;1-6-4-8(14)11(17)12(10(6)16)20-13(19)7-2-3-9(15)18-5-7;1-5-2-6(13)10(16)11(9(5)15)20-12(19)7-3-18-8(14)4-17-7;1-5-4-6(13)10(16)11(9(5)15)20-12(19)7-2-3-8(14)18-17-7/h2H,1H3;2-6H,1H3;2-9H,1H3;2-5H,1H3;2*2-4H,1H3/i22-1;3*15-1;2*14-1. The van der Waals surface area contributed by atoms with Gasteiger partial charge < -0.3 is 28.4 Å². The molecule has 42 heteroatoms. The second-order valence-electron chi connectivity index (χ2n) is 23.6. The van der Waals surface area contributed by atoms with Gasteiger partial charge in [0.2, 0.25) is 81.5 Å². The molecule has 0 unspecified atom stereocenters. The van der Waals surface area contributed by atoms with Crippen LogP contribution in [0.1, 0.15) is 95.8 Å². The molecule has 121 heavy (non-hydrogen) atoms. The van der Waals surface area contributed by atoms with E-state index in [0.29, 0.717) is 42.3 Å². The average molecular weight is 1720 g/mol. The predicted octanol–water partition coefficient (Wildman–Crippen LogP) is 19.7. The molecule has 0 amide bonds. The number of esters is 6. The molecule has 3 aromatic heterocycles. The fraction of sp³-hybridized carbons (Fsp3) is 0.0759. The first-order valence-corrected chi connectivity index (χ1v) is 32.5. The second-order valence-corrected chi connectivity index (χ2v) is 23.6. The zero-order chi connectivity index (χ0) is 90.0. The molecule has 0 saturated carbocycles. The number of carbonyl (C=O) groups excluding carboxylic acids is 6. The fourth-order valence-corrected chi connectivity index (χ4v) is 8.79. The van der Waals surface area contributed by atoms with Crippen molar-refractivity contribution in [3.8, 4) is 34.5 Å². The number of halogens is 25. The molecule has 12 rings (SSSR count). The lowest BCUT2D eigenvalue weighted by Gasteiger charge is -2.11. The van der Waals surface area contributed by atoms with Gasteiger partial charge in [-0.25, -0.2) is 118 Å². The van der Waals surface area contributed by atoms with Crippen molar-refractivity contribution in [2.45, 2.75) is 41.5 Å². The third-order valence-corrected chi connectivity index (χ3v) is 14.9. The highest BCUT2D eigenvalue weighted by atomic mass is 19.2. The zero-order valence-corrected chi connectivity index (χ0v) is 60.9. The first kappa shape index (κ1) is 93.5. The molecule has 3 heterocycles. The quantitative estimate of drug-likeness (QED) is 0.0277. The SMILES string of the molecule is Cc1cc(F)c(F)c(OC(=O)c2c(F)c(F)c([18F])c(F)c2F)c1F.Cc1cc(F)c(F)c(OC(=O)c2ccc([18F])cc2)c1F.Cc1cc(F)c(F)c(OC(=O)c2ccc([18F])nc2)c1F.Cc1cc(F)c(F)c(OC(=O)c2ccc([18F])nn2)c1F.Cc1cc(F)c(F)c(OC(=O)c2cnc([18F])cn2)c1F.Cc1ccc(OC(=O)c2cccc([18F])c2)cc1. The van der Waals surface area contributed by atoms with Gasteiger partial charge in [0.25, 0.3) is 0 Å². The van der Waals surface area contributed by atoms with Gasteiger partial charge in [0, 0.05) is 6.20 Å². The van der Waals surface area contributed by atoms with Crippen molar-refractivity contribution in [2.75, 3.05) is 0 Å². The van der Waals surface area contributed by atoms with E-state index < -0.39 is 233 Å². The minimum atomic E-state index is -2.54. The summed E-state index contributed by atoms with van der Waals surface area (Å²) in [5.41, 5.74) is -3.54. The highest BCUT2D eigenvalue weighted by Crippen LogP contribution is 2.34. The van der Waals surface area contributed by atoms with Crippen LogP contribution in [0.2, 0.25) is 0 Å². The van der Waals surface area contributed by atoms with Gasteiger partial charge >= 0.3 is 35.8 Å². The summed E-state index contributed by atoms with van der Waals surface area (Å²) in [6.07, 6.45) is 2.18. The molecular formula is C79H42F25N5O12. The van der Waals surface area contributed by atoms with Gasteiger partial charge in [0.1, 0.15) is 22.9 Å². The van der Waals surface area contributed by atoms with Gasteiger partial charge in [-0.3, -0.25) is 0 Å². The highest BCUT2D eigenvalue weighted by Gasteiger charge is 2.34. The number of carbonyl (C=O) groups is 6. The van der Waals surface area contributed by atoms with Crippen LogP contribution in [-0.4, -0.2) is 61.0 Å². The molecule has 0 bridgehead atoms. The van der Waals surface area contributed by atoms with Gasteiger partial charge in [-0.05, 0) is 179 Å². The molecular weight excluding hydrogens is 1680 g/mol. The molecule has 0 radical (unpaired) electrons. The third-order valence-electron chi connectivity index (χ3n) is 14.9. The predicted molar refractivity (Wildman–Crippen MR) is 363 cm³/mol. The van der Waals surface area contributed by atoms with Crippen LogP contribution in [0.15, 0.2) is 146 Å². The van der Waals surface area contributed by atoms with Crippen LogP contribution >= 0.6 is 0 Å². The fourth-order valence-electron chi connectivity index (χ4n) is 8.79. The molecule has 17 nitrogen and oxygen atoms in total. The number of aryl methyl sites for hydroxylation is 6.